The summed E-state index contributed by atoms with van der Waals surface area (Å²) in [7, 11) is 1.99. The Labute approximate surface area is 233 Å². The lowest BCUT2D eigenvalue weighted by molar-refractivity contribution is -0.150. The van der Waals surface area contributed by atoms with E-state index in [1.807, 2.05) is 20.9 Å². The third-order valence-corrected chi connectivity index (χ3v) is 7.61. The Morgan fingerprint density at radius 2 is 1.66 bits per heavy atom. The van der Waals surface area contributed by atoms with E-state index >= 15 is 0 Å². The Balaban J connectivity index is 0.00000507. The number of hydrogen-bond donors (Lipinski definition) is 3. The second-order valence-electron chi connectivity index (χ2n) is 9.71. The molecule has 38 heavy (non-hydrogen) atoms. The van der Waals surface area contributed by atoms with Gasteiger partial charge in [-0.15, -0.1) is 24.2 Å². The lowest BCUT2D eigenvalue weighted by Gasteiger charge is -2.35. The zero-order valence-corrected chi connectivity index (χ0v) is 23.4. The highest BCUT2D eigenvalue weighted by molar-refractivity contribution is 7.99. The van der Waals surface area contributed by atoms with Gasteiger partial charge in [-0.3, -0.25) is 14.4 Å². The minimum atomic E-state index is -1.64. The molecule has 0 radical (unpaired) electrons. The van der Waals surface area contributed by atoms with Crippen LogP contribution < -0.4 is 10.6 Å². The fourth-order valence-corrected chi connectivity index (χ4v) is 5.44. The first kappa shape index (κ1) is 31.4. The van der Waals surface area contributed by atoms with Crippen molar-refractivity contribution >= 4 is 53.8 Å². The maximum Gasteiger partial charge on any atom is 0.374 e. The highest BCUT2D eigenvalue weighted by Gasteiger charge is 2.41. The van der Waals surface area contributed by atoms with Gasteiger partial charge in [0, 0.05) is 38.4 Å². The molecule has 3 N–H and O–H groups in total. The number of nitrogens with one attached hydrogen (secondary N) is 2. The molecule has 2 saturated heterocycles. The summed E-state index contributed by atoms with van der Waals surface area (Å²) in [4.78, 5) is 68.6. The number of rotatable bonds is 9. The number of piperazine rings is 1. The molecule has 3 atom stereocenters. The number of nitrogens with zero attached hydrogens (tertiary/aromatic N) is 3. The number of ketones is 1. The van der Waals surface area contributed by atoms with Crippen LogP contribution in [0.25, 0.3) is 0 Å². The predicted octanol–water partition coefficient (Wildman–Crippen LogP) is 0.673. The number of likely N-dealkylation sites (N-methyl/N-ethyl adjacent to an activating group) is 1. The van der Waals surface area contributed by atoms with Gasteiger partial charge in [0.15, 0.2) is 0 Å². The van der Waals surface area contributed by atoms with Gasteiger partial charge in [-0.25, -0.2) is 9.59 Å². The second-order valence-corrected chi connectivity index (χ2v) is 10.7. The van der Waals surface area contributed by atoms with Gasteiger partial charge >= 0.3 is 12.0 Å². The van der Waals surface area contributed by atoms with E-state index in [1.54, 1.807) is 35.2 Å². The van der Waals surface area contributed by atoms with E-state index in [1.165, 1.54) is 16.7 Å². The van der Waals surface area contributed by atoms with E-state index in [0.717, 1.165) is 13.1 Å². The van der Waals surface area contributed by atoms with E-state index in [0.29, 0.717) is 24.4 Å². The second kappa shape index (κ2) is 14.4. The number of aliphatic carboxylic acids is 1. The monoisotopic (exact) mass is 569 g/mol. The Morgan fingerprint density at radius 3 is 2.24 bits per heavy atom. The van der Waals surface area contributed by atoms with Crippen LogP contribution in [0.5, 0.6) is 0 Å². The van der Waals surface area contributed by atoms with Crippen molar-refractivity contribution in [3.63, 3.8) is 0 Å². The summed E-state index contributed by atoms with van der Waals surface area (Å²) in [6.07, 6.45) is 0.0151. The van der Waals surface area contributed by atoms with Crippen molar-refractivity contribution in [2.24, 2.45) is 5.92 Å². The zero-order valence-electron chi connectivity index (χ0n) is 21.8. The fourth-order valence-electron chi connectivity index (χ4n) is 4.28. The van der Waals surface area contributed by atoms with Crippen molar-refractivity contribution in [1.29, 1.82) is 0 Å². The van der Waals surface area contributed by atoms with Gasteiger partial charge in [0.25, 0.3) is 5.78 Å². The van der Waals surface area contributed by atoms with Crippen LogP contribution in [0.1, 0.15) is 19.4 Å². The summed E-state index contributed by atoms with van der Waals surface area (Å²) in [6.45, 7) is 6.27. The van der Waals surface area contributed by atoms with Crippen LogP contribution in [0.4, 0.5) is 4.79 Å². The summed E-state index contributed by atoms with van der Waals surface area (Å²) < 4.78 is 0. The fraction of sp³-hybridized carbons (Fsp3) is 0.560. The SMILES string of the molecule is CC(C)[C@H](NC(=O)N1CCN(C)CC1)C(=O)N1CSC[C@H]1C(=O)N[C@@H](Cc1ccccc1)C(=O)C(=O)O.Cl. The van der Waals surface area contributed by atoms with Gasteiger partial charge in [-0.2, -0.15) is 0 Å². The Kier molecular flexibility index (Phi) is 11.9. The lowest BCUT2D eigenvalue weighted by atomic mass is 10.0. The highest BCUT2D eigenvalue weighted by Crippen LogP contribution is 2.24. The number of hydrogen-bond acceptors (Lipinski definition) is 7. The van der Waals surface area contributed by atoms with Crippen molar-refractivity contribution in [2.75, 3.05) is 44.9 Å². The molecule has 0 spiro atoms. The van der Waals surface area contributed by atoms with Gasteiger partial charge < -0.3 is 30.4 Å². The lowest BCUT2D eigenvalue weighted by Crippen LogP contribution is -2.60. The molecule has 0 saturated carbocycles. The summed E-state index contributed by atoms with van der Waals surface area (Å²) in [5.74, 6) is -3.41. The number of benzene rings is 1. The minimum Gasteiger partial charge on any atom is -0.475 e. The molecular formula is C25H36ClN5O6S. The van der Waals surface area contributed by atoms with Crippen molar-refractivity contribution in [3.8, 4) is 0 Å². The number of amides is 4. The van der Waals surface area contributed by atoms with Crippen LogP contribution in [0.15, 0.2) is 30.3 Å². The number of carbonyl (C=O) groups is 5. The number of carboxylic acid groups (broad SMARTS) is 1. The molecule has 1 aromatic rings. The molecule has 13 heteroatoms. The van der Waals surface area contributed by atoms with Crippen LogP contribution in [-0.2, 0) is 25.6 Å². The third kappa shape index (κ3) is 8.08. The smallest absolute Gasteiger partial charge is 0.374 e. The molecule has 2 aliphatic heterocycles. The minimum absolute atomic E-state index is 0. The first-order valence-corrected chi connectivity index (χ1v) is 13.5. The van der Waals surface area contributed by atoms with E-state index in [9.17, 15) is 29.1 Å². The number of carboxylic acids is 1. The molecule has 0 aromatic heterocycles. The maximum atomic E-state index is 13.5. The first-order chi connectivity index (χ1) is 17.6. The van der Waals surface area contributed by atoms with Crippen LogP contribution in [0, 0.1) is 5.92 Å². The molecule has 2 fully saturated rings. The van der Waals surface area contributed by atoms with Crippen molar-refractivity contribution < 1.29 is 29.1 Å². The van der Waals surface area contributed by atoms with Crippen LogP contribution in [-0.4, -0.2) is 112 Å². The molecule has 4 amide bonds. The van der Waals surface area contributed by atoms with Gasteiger partial charge in [0.05, 0.1) is 5.88 Å². The van der Waals surface area contributed by atoms with Crippen molar-refractivity contribution in [1.82, 2.24) is 25.3 Å². The molecule has 0 bridgehead atoms. The highest BCUT2D eigenvalue weighted by atomic mass is 35.5. The number of halogens is 1. The van der Waals surface area contributed by atoms with Gasteiger partial charge in [0.2, 0.25) is 11.8 Å². The van der Waals surface area contributed by atoms with E-state index in [2.05, 4.69) is 15.5 Å². The summed E-state index contributed by atoms with van der Waals surface area (Å²) in [5.41, 5.74) is 0.697. The summed E-state index contributed by atoms with van der Waals surface area (Å²) >= 11 is 1.38. The van der Waals surface area contributed by atoms with Gasteiger partial charge in [0.1, 0.15) is 18.1 Å². The van der Waals surface area contributed by atoms with E-state index in [-0.39, 0.29) is 42.6 Å². The average molecular weight is 570 g/mol. The van der Waals surface area contributed by atoms with Gasteiger partial charge in [-0.1, -0.05) is 44.2 Å². The summed E-state index contributed by atoms with van der Waals surface area (Å²) in [5, 5.41) is 14.7. The molecule has 0 unspecified atom stereocenters. The molecule has 3 rings (SSSR count). The zero-order chi connectivity index (χ0) is 27.1. The quantitative estimate of drug-likeness (QED) is 0.369. The number of urea groups is 1. The molecule has 2 aliphatic rings. The maximum absolute atomic E-state index is 13.5. The molecule has 11 nitrogen and oxygen atoms in total. The van der Waals surface area contributed by atoms with Crippen LogP contribution >= 0.6 is 24.2 Å². The van der Waals surface area contributed by atoms with Crippen molar-refractivity contribution in [2.45, 2.75) is 38.4 Å². The van der Waals surface area contributed by atoms with E-state index < -0.39 is 35.8 Å². The third-order valence-electron chi connectivity index (χ3n) is 6.60. The molecular weight excluding hydrogens is 534 g/mol. The average Bonchev–Trinajstić information content (AvgIpc) is 3.37. The number of carbonyl (C=O) groups excluding carboxylic acids is 4. The summed E-state index contributed by atoms with van der Waals surface area (Å²) in [6, 6.07) is 5.49. The predicted molar refractivity (Wildman–Crippen MR) is 146 cm³/mol. The molecule has 2 heterocycles. The van der Waals surface area contributed by atoms with Crippen LogP contribution in [0.2, 0.25) is 0 Å². The van der Waals surface area contributed by atoms with Gasteiger partial charge in [-0.05, 0) is 18.5 Å². The largest absolute Gasteiger partial charge is 0.475 e. The molecule has 0 aliphatic carbocycles. The number of Topliss-reactive ketones (excluding diaryl/α,β-unsaturated/α-hetero) is 1. The normalized spacial score (nSPS) is 19.3. The number of thioether (sulfide) groups is 1. The Hall–Kier alpha value is -2.83. The Morgan fingerprint density at radius 1 is 1.03 bits per heavy atom. The molecule has 1 aromatic carbocycles. The topological polar surface area (TPSA) is 139 Å². The first-order valence-electron chi connectivity index (χ1n) is 12.3. The van der Waals surface area contributed by atoms with Crippen molar-refractivity contribution in [3.05, 3.63) is 35.9 Å². The van der Waals surface area contributed by atoms with Crippen LogP contribution in [0.3, 0.4) is 0 Å². The Bertz CT molecular complexity index is 1010. The molecule has 210 valence electrons. The standard InChI is InChI=1S/C25H35N5O6S.ClH/c1-16(2)20(27-25(36)29-11-9-28(3)10-12-29)23(33)30-15-37-14-19(30)22(32)26-18(21(31)24(34)35)13-17-7-5-4-6-8-17;/h4-8,16,18-20H,9-15H2,1-3H3,(H,26,32)(H,27,36)(H,34,35);1H/t18-,19-,20-;/m0./s1. The van der Waals surface area contributed by atoms with E-state index in [4.69, 9.17) is 0 Å².